The van der Waals surface area contributed by atoms with Gasteiger partial charge in [-0.05, 0) is 0 Å². The van der Waals surface area contributed by atoms with Gasteiger partial charge >= 0.3 is 0 Å². The molecular formula is C10H17NO6. The molecular weight excluding hydrogens is 230 g/mol. The van der Waals surface area contributed by atoms with Crippen LogP contribution in [0, 0.1) is 0 Å². The van der Waals surface area contributed by atoms with Crippen molar-refractivity contribution >= 4 is 5.91 Å². The highest BCUT2D eigenvalue weighted by molar-refractivity contribution is 5.73. The summed E-state index contributed by atoms with van der Waals surface area (Å²) in [5.41, 5.74) is 0. The molecule has 5 atom stereocenters. The van der Waals surface area contributed by atoms with Crippen molar-refractivity contribution in [2.24, 2.45) is 0 Å². The van der Waals surface area contributed by atoms with Crippen LogP contribution in [0.2, 0.25) is 0 Å². The van der Waals surface area contributed by atoms with Gasteiger partial charge in [-0.15, -0.1) is 0 Å². The summed E-state index contributed by atoms with van der Waals surface area (Å²) in [6.45, 7) is 4.14. The van der Waals surface area contributed by atoms with E-state index < -0.39 is 43.2 Å². The minimum absolute atomic E-state index is 0.398. The molecule has 1 aliphatic rings. The lowest BCUT2D eigenvalue weighted by atomic mass is 9.97. The first-order valence-electron chi connectivity index (χ1n) is 5.17. The van der Waals surface area contributed by atoms with Crippen molar-refractivity contribution in [3.8, 4) is 0 Å². The van der Waals surface area contributed by atoms with Crippen LogP contribution in [0.5, 0.6) is 0 Å². The quantitative estimate of drug-likeness (QED) is 0.432. The third kappa shape index (κ3) is 3.16. The lowest BCUT2D eigenvalue weighted by molar-refractivity contribution is -0.255. The van der Waals surface area contributed by atoms with E-state index in [1.165, 1.54) is 6.92 Å². The molecule has 1 rings (SSSR count). The van der Waals surface area contributed by atoms with Crippen molar-refractivity contribution in [3.05, 3.63) is 12.8 Å². The zero-order valence-electron chi connectivity index (χ0n) is 9.44. The Hall–Kier alpha value is -1.15. The first kappa shape index (κ1) is 13.9. The molecule has 1 fully saturated rings. The van der Waals surface area contributed by atoms with E-state index in [0.29, 0.717) is 0 Å². The van der Waals surface area contributed by atoms with E-state index in [0.717, 1.165) is 6.26 Å². The number of ether oxygens (including phenoxy) is 2. The molecule has 0 aromatic heterocycles. The summed E-state index contributed by atoms with van der Waals surface area (Å²) in [5.74, 6) is -0.398. The minimum Gasteiger partial charge on any atom is -0.471 e. The van der Waals surface area contributed by atoms with Gasteiger partial charge in [-0.2, -0.15) is 0 Å². The molecule has 0 saturated carbocycles. The Morgan fingerprint density at radius 1 is 1.53 bits per heavy atom. The molecule has 0 radical (unpaired) electrons. The third-order valence-corrected chi connectivity index (χ3v) is 2.48. The molecule has 5 unspecified atom stereocenters. The monoisotopic (exact) mass is 247 g/mol. The maximum Gasteiger partial charge on any atom is 0.222 e. The van der Waals surface area contributed by atoms with Crippen LogP contribution in [-0.4, -0.2) is 58.5 Å². The molecule has 0 aromatic rings. The van der Waals surface area contributed by atoms with Crippen molar-refractivity contribution in [1.29, 1.82) is 0 Å². The van der Waals surface area contributed by atoms with E-state index in [4.69, 9.17) is 14.6 Å². The second kappa shape index (κ2) is 5.97. The van der Waals surface area contributed by atoms with Crippen LogP contribution in [0.1, 0.15) is 6.92 Å². The highest BCUT2D eigenvalue weighted by atomic mass is 16.7. The number of hydrogen-bond acceptors (Lipinski definition) is 6. The largest absolute Gasteiger partial charge is 0.471 e. The van der Waals surface area contributed by atoms with Gasteiger partial charge < -0.3 is 30.1 Å². The highest BCUT2D eigenvalue weighted by Gasteiger charge is 2.45. The normalized spacial score (nSPS) is 37.3. The number of nitrogens with one attached hydrogen (secondary N) is 1. The van der Waals surface area contributed by atoms with E-state index >= 15 is 0 Å². The molecule has 17 heavy (non-hydrogen) atoms. The van der Waals surface area contributed by atoms with Gasteiger partial charge in [-0.25, -0.2) is 0 Å². The molecule has 4 N–H and O–H groups in total. The summed E-state index contributed by atoms with van der Waals surface area (Å²) in [6.07, 6.45) is -3.48. The third-order valence-electron chi connectivity index (χ3n) is 2.48. The van der Waals surface area contributed by atoms with E-state index in [1.807, 2.05) is 0 Å². The van der Waals surface area contributed by atoms with Crippen LogP contribution in [0.4, 0.5) is 0 Å². The number of hydrogen-bond donors (Lipinski definition) is 4. The Balaban J connectivity index is 2.82. The zero-order valence-corrected chi connectivity index (χ0v) is 9.44. The van der Waals surface area contributed by atoms with E-state index in [9.17, 15) is 15.0 Å². The molecule has 0 spiro atoms. The summed E-state index contributed by atoms with van der Waals surface area (Å²) in [6, 6.07) is -0.928. The first-order valence-corrected chi connectivity index (χ1v) is 5.17. The summed E-state index contributed by atoms with van der Waals surface area (Å²) in [7, 11) is 0. The number of carbonyl (C=O) groups is 1. The number of aliphatic hydroxyl groups excluding tert-OH is 3. The van der Waals surface area contributed by atoms with Crippen molar-refractivity contribution in [2.45, 2.75) is 37.6 Å². The van der Waals surface area contributed by atoms with Crippen LogP contribution >= 0.6 is 0 Å². The molecule has 1 aliphatic heterocycles. The summed E-state index contributed by atoms with van der Waals surface area (Å²) in [5, 5.41) is 30.8. The van der Waals surface area contributed by atoms with Gasteiger partial charge in [0.25, 0.3) is 0 Å². The number of rotatable bonds is 4. The Morgan fingerprint density at radius 3 is 2.65 bits per heavy atom. The van der Waals surface area contributed by atoms with Crippen LogP contribution in [-0.2, 0) is 14.3 Å². The topological polar surface area (TPSA) is 108 Å². The van der Waals surface area contributed by atoms with Crippen molar-refractivity contribution in [1.82, 2.24) is 5.32 Å². The van der Waals surface area contributed by atoms with Gasteiger partial charge in [0.2, 0.25) is 12.2 Å². The zero-order chi connectivity index (χ0) is 13.0. The Morgan fingerprint density at radius 2 is 2.18 bits per heavy atom. The van der Waals surface area contributed by atoms with Gasteiger partial charge in [0.1, 0.15) is 24.4 Å². The fourth-order valence-corrected chi connectivity index (χ4v) is 1.68. The smallest absolute Gasteiger partial charge is 0.222 e. The van der Waals surface area contributed by atoms with Gasteiger partial charge in [0, 0.05) is 6.92 Å². The second-order valence-corrected chi connectivity index (χ2v) is 3.74. The lowest BCUT2D eigenvalue weighted by Gasteiger charge is -2.41. The predicted octanol–water partition coefficient (Wildman–Crippen LogP) is -1.91. The summed E-state index contributed by atoms with van der Waals surface area (Å²) in [4.78, 5) is 11.0. The van der Waals surface area contributed by atoms with Crippen molar-refractivity contribution < 1.29 is 29.6 Å². The Kier molecular flexibility index (Phi) is 4.88. The van der Waals surface area contributed by atoms with Gasteiger partial charge in [-0.3, -0.25) is 4.79 Å². The van der Waals surface area contributed by atoms with Gasteiger partial charge in [0.05, 0.1) is 12.9 Å². The van der Waals surface area contributed by atoms with Crippen LogP contribution in [0.3, 0.4) is 0 Å². The Bertz CT molecular complexity index is 284. The van der Waals surface area contributed by atoms with E-state index in [2.05, 4.69) is 11.9 Å². The molecule has 7 heteroatoms. The van der Waals surface area contributed by atoms with Crippen LogP contribution in [0.25, 0.3) is 0 Å². The first-order chi connectivity index (χ1) is 8.01. The molecule has 1 heterocycles. The van der Waals surface area contributed by atoms with E-state index in [-0.39, 0.29) is 0 Å². The standard InChI is InChI=1S/C10H17NO6/c1-3-16-10-7(11-5(2)13)9(15)8(14)6(4-12)17-10/h3,6-10,12,14-15H,1,4H2,2H3,(H,11,13). The lowest BCUT2D eigenvalue weighted by Crippen LogP contribution is -2.64. The Labute approximate surface area is 98.6 Å². The van der Waals surface area contributed by atoms with Crippen LogP contribution in [0.15, 0.2) is 12.8 Å². The molecule has 1 saturated heterocycles. The second-order valence-electron chi connectivity index (χ2n) is 3.74. The number of carbonyl (C=O) groups excluding carboxylic acids is 1. The highest BCUT2D eigenvalue weighted by Crippen LogP contribution is 2.22. The molecule has 0 bridgehead atoms. The minimum atomic E-state index is -1.30. The maximum atomic E-state index is 11.0. The fourth-order valence-electron chi connectivity index (χ4n) is 1.68. The van der Waals surface area contributed by atoms with Crippen molar-refractivity contribution in [2.75, 3.05) is 6.61 Å². The van der Waals surface area contributed by atoms with Gasteiger partial charge in [-0.1, -0.05) is 6.58 Å². The van der Waals surface area contributed by atoms with Gasteiger partial charge in [0.15, 0.2) is 0 Å². The fraction of sp³-hybridized carbons (Fsp3) is 0.700. The molecule has 7 nitrogen and oxygen atoms in total. The van der Waals surface area contributed by atoms with Crippen LogP contribution < -0.4 is 5.32 Å². The summed E-state index contributed by atoms with van der Waals surface area (Å²) >= 11 is 0. The average molecular weight is 247 g/mol. The molecule has 98 valence electrons. The van der Waals surface area contributed by atoms with E-state index in [1.54, 1.807) is 0 Å². The predicted molar refractivity (Wildman–Crippen MR) is 56.6 cm³/mol. The summed E-state index contributed by atoms with van der Waals surface area (Å²) < 4.78 is 10.2. The van der Waals surface area contributed by atoms with Crippen molar-refractivity contribution in [3.63, 3.8) is 0 Å². The molecule has 1 amide bonds. The molecule has 0 aliphatic carbocycles. The number of amides is 1. The molecule has 0 aromatic carbocycles. The maximum absolute atomic E-state index is 11.0. The SMILES string of the molecule is C=COC1OC(CO)C(O)C(O)C1NC(C)=O. The number of aliphatic hydroxyl groups is 3. The average Bonchev–Trinajstić information content (AvgIpc) is 2.28.